The minimum absolute atomic E-state index is 0.519. The van der Waals surface area contributed by atoms with Crippen molar-refractivity contribution < 1.29 is 9.47 Å². The van der Waals surface area contributed by atoms with Gasteiger partial charge in [-0.15, -0.1) is 0 Å². The van der Waals surface area contributed by atoms with Crippen LogP contribution in [0, 0.1) is 0 Å². The quantitative estimate of drug-likeness (QED) is 0.300. The molecule has 2 heteroatoms. The molecular weight excluding hydrogens is 368 g/mol. The molecule has 0 unspecified atom stereocenters. The van der Waals surface area contributed by atoms with Crippen molar-refractivity contribution in [2.45, 2.75) is 13.2 Å². The summed E-state index contributed by atoms with van der Waals surface area (Å²) in [4.78, 5) is 0. The van der Waals surface area contributed by atoms with Gasteiger partial charge in [0.2, 0.25) is 0 Å². The highest BCUT2D eigenvalue weighted by Crippen LogP contribution is 2.26. The molecule has 0 aliphatic heterocycles. The first-order valence-corrected chi connectivity index (χ1v) is 10.1. The number of hydrogen-bond donors (Lipinski definition) is 0. The predicted octanol–water partition coefficient (Wildman–Crippen LogP) is 7.02. The van der Waals surface area contributed by atoms with Gasteiger partial charge in [-0.25, -0.2) is 0 Å². The Balaban J connectivity index is 1.53. The molecule has 0 fully saturated rings. The van der Waals surface area contributed by atoms with Crippen molar-refractivity contribution in [1.82, 2.24) is 0 Å². The second-order valence-corrected chi connectivity index (χ2v) is 7.03. The van der Waals surface area contributed by atoms with Gasteiger partial charge in [0, 0.05) is 6.07 Å². The summed E-state index contributed by atoms with van der Waals surface area (Å²) in [5, 5.41) is 0. The Morgan fingerprint density at radius 2 is 0.900 bits per heavy atom. The predicted molar refractivity (Wildman–Crippen MR) is 123 cm³/mol. The fourth-order valence-corrected chi connectivity index (χ4v) is 3.10. The van der Waals surface area contributed by atoms with Crippen molar-refractivity contribution in [3.05, 3.63) is 131 Å². The molecule has 0 saturated heterocycles. The highest BCUT2D eigenvalue weighted by Gasteiger charge is 2.04. The van der Waals surface area contributed by atoms with Crippen molar-refractivity contribution in [1.29, 1.82) is 0 Å². The fourth-order valence-electron chi connectivity index (χ4n) is 3.10. The molecule has 4 rings (SSSR count). The van der Waals surface area contributed by atoms with E-state index in [1.165, 1.54) is 0 Å². The zero-order valence-electron chi connectivity index (χ0n) is 16.8. The summed E-state index contributed by atoms with van der Waals surface area (Å²) in [6, 6.07) is 36.6. The summed E-state index contributed by atoms with van der Waals surface area (Å²) >= 11 is 0. The standard InChI is InChI=1S/C28H24O2/c1-4-10-23(11-5-1)16-17-26-18-27(29-21-24-12-6-2-7-13-24)20-28(19-26)30-22-25-14-8-3-9-15-25/h1-20H,21-22H2/b17-16+. The summed E-state index contributed by atoms with van der Waals surface area (Å²) in [6.45, 7) is 1.04. The van der Waals surface area contributed by atoms with Crippen LogP contribution in [0.2, 0.25) is 0 Å². The van der Waals surface area contributed by atoms with E-state index >= 15 is 0 Å². The first kappa shape index (κ1) is 19.5. The van der Waals surface area contributed by atoms with Crippen LogP contribution in [0.3, 0.4) is 0 Å². The zero-order valence-corrected chi connectivity index (χ0v) is 16.8. The van der Waals surface area contributed by atoms with Crippen LogP contribution < -0.4 is 9.47 Å². The summed E-state index contributed by atoms with van der Waals surface area (Å²) in [5.41, 5.74) is 4.45. The second kappa shape index (κ2) is 10.1. The number of rotatable bonds is 8. The first-order chi connectivity index (χ1) is 14.8. The van der Waals surface area contributed by atoms with Gasteiger partial charge in [0.1, 0.15) is 24.7 Å². The topological polar surface area (TPSA) is 18.5 Å². The number of ether oxygens (including phenoxy) is 2. The van der Waals surface area contributed by atoms with Gasteiger partial charge in [-0.1, -0.05) is 103 Å². The highest BCUT2D eigenvalue weighted by molar-refractivity contribution is 5.71. The summed E-state index contributed by atoms with van der Waals surface area (Å²) in [5.74, 6) is 1.58. The molecular formula is C28H24O2. The minimum atomic E-state index is 0.519. The Morgan fingerprint density at radius 1 is 0.467 bits per heavy atom. The lowest BCUT2D eigenvalue weighted by molar-refractivity contribution is 0.290. The van der Waals surface area contributed by atoms with Crippen LogP contribution in [0.15, 0.2) is 109 Å². The Labute approximate surface area is 178 Å². The van der Waals surface area contributed by atoms with E-state index in [9.17, 15) is 0 Å². The molecule has 0 aromatic heterocycles. The Kier molecular flexibility index (Phi) is 6.59. The second-order valence-electron chi connectivity index (χ2n) is 7.03. The summed E-state index contributed by atoms with van der Waals surface area (Å²) < 4.78 is 12.1. The summed E-state index contributed by atoms with van der Waals surface area (Å²) in [7, 11) is 0. The molecule has 148 valence electrons. The zero-order chi connectivity index (χ0) is 20.4. The largest absolute Gasteiger partial charge is 0.489 e. The molecule has 30 heavy (non-hydrogen) atoms. The van der Waals surface area contributed by atoms with Crippen LogP contribution >= 0.6 is 0 Å². The van der Waals surface area contributed by atoms with E-state index in [4.69, 9.17) is 9.47 Å². The van der Waals surface area contributed by atoms with Crippen LogP contribution in [-0.2, 0) is 13.2 Å². The molecule has 0 radical (unpaired) electrons. The molecule has 0 saturated carbocycles. The smallest absolute Gasteiger partial charge is 0.124 e. The fraction of sp³-hybridized carbons (Fsp3) is 0.0714. The maximum absolute atomic E-state index is 6.06. The van der Waals surface area contributed by atoms with Crippen LogP contribution in [0.4, 0.5) is 0 Å². The van der Waals surface area contributed by atoms with Gasteiger partial charge in [0.15, 0.2) is 0 Å². The van der Waals surface area contributed by atoms with Gasteiger partial charge in [0.25, 0.3) is 0 Å². The van der Waals surface area contributed by atoms with E-state index in [-0.39, 0.29) is 0 Å². The lowest BCUT2D eigenvalue weighted by Crippen LogP contribution is -1.98. The average Bonchev–Trinajstić information content (AvgIpc) is 2.82. The monoisotopic (exact) mass is 392 g/mol. The first-order valence-electron chi connectivity index (χ1n) is 10.1. The maximum Gasteiger partial charge on any atom is 0.124 e. The molecule has 4 aromatic rings. The lowest BCUT2D eigenvalue weighted by atomic mass is 10.1. The molecule has 0 aliphatic rings. The molecule has 0 bridgehead atoms. The van der Waals surface area contributed by atoms with E-state index in [0.29, 0.717) is 13.2 Å². The lowest BCUT2D eigenvalue weighted by Gasteiger charge is -2.12. The summed E-state index contributed by atoms with van der Waals surface area (Å²) in [6.07, 6.45) is 4.18. The average molecular weight is 392 g/mol. The van der Waals surface area contributed by atoms with Gasteiger partial charge in [-0.2, -0.15) is 0 Å². The van der Waals surface area contributed by atoms with E-state index in [0.717, 1.165) is 33.8 Å². The Morgan fingerprint density at radius 3 is 1.40 bits per heavy atom. The molecule has 0 spiro atoms. The third-order valence-corrected chi connectivity index (χ3v) is 4.67. The van der Waals surface area contributed by atoms with Crippen LogP contribution in [-0.4, -0.2) is 0 Å². The SMILES string of the molecule is C(=C\c1cc(OCc2ccccc2)cc(OCc2ccccc2)c1)/c1ccccc1. The van der Waals surface area contributed by atoms with Crippen molar-refractivity contribution in [2.24, 2.45) is 0 Å². The van der Waals surface area contributed by atoms with E-state index in [2.05, 4.69) is 48.6 Å². The Hall–Kier alpha value is -3.78. The molecule has 0 heterocycles. The normalized spacial score (nSPS) is 10.8. The van der Waals surface area contributed by atoms with Crippen LogP contribution in [0.1, 0.15) is 22.3 Å². The van der Waals surface area contributed by atoms with Gasteiger partial charge < -0.3 is 9.47 Å². The van der Waals surface area contributed by atoms with Gasteiger partial charge in [-0.3, -0.25) is 0 Å². The van der Waals surface area contributed by atoms with Crippen molar-refractivity contribution in [2.75, 3.05) is 0 Å². The van der Waals surface area contributed by atoms with E-state index in [1.54, 1.807) is 0 Å². The van der Waals surface area contributed by atoms with Crippen molar-refractivity contribution in [3.63, 3.8) is 0 Å². The minimum Gasteiger partial charge on any atom is -0.489 e. The van der Waals surface area contributed by atoms with Crippen LogP contribution in [0.25, 0.3) is 12.2 Å². The molecule has 0 aliphatic carbocycles. The van der Waals surface area contributed by atoms with Crippen molar-refractivity contribution >= 4 is 12.2 Å². The Bertz CT molecular complexity index is 1010. The van der Waals surface area contributed by atoms with E-state index in [1.807, 2.05) is 72.8 Å². The molecule has 0 amide bonds. The van der Waals surface area contributed by atoms with Gasteiger partial charge in [0.05, 0.1) is 0 Å². The maximum atomic E-state index is 6.06. The highest BCUT2D eigenvalue weighted by atomic mass is 16.5. The number of benzene rings is 4. The third kappa shape index (κ3) is 5.86. The van der Waals surface area contributed by atoms with Crippen molar-refractivity contribution in [3.8, 4) is 11.5 Å². The molecule has 0 N–H and O–H groups in total. The van der Waals surface area contributed by atoms with Gasteiger partial charge in [-0.05, 0) is 34.4 Å². The van der Waals surface area contributed by atoms with Crippen LogP contribution in [0.5, 0.6) is 11.5 Å². The van der Waals surface area contributed by atoms with E-state index < -0.39 is 0 Å². The molecule has 0 atom stereocenters. The van der Waals surface area contributed by atoms with Gasteiger partial charge >= 0.3 is 0 Å². The molecule has 4 aromatic carbocycles. The number of hydrogen-bond acceptors (Lipinski definition) is 2. The third-order valence-electron chi connectivity index (χ3n) is 4.67. The molecule has 2 nitrogen and oxygen atoms in total.